The van der Waals surface area contributed by atoms with Crippen molar-refractivity contribution in [2.24, 2.45) is 17.6 Å². The van der Waals surface area contributed by atoms with Crippen LogP contribution < -0.4 is 16.8 Å². The normalized spacial score (nSPS) is 11.5. The van der Waals surface area contributed by atoms with Gasteiger partial charge in [0.05, 0.1) is 85.5 Å². The molecule has 0 saturated carbocycles. The first-order valence-corrected chi connectivity index (χ1v) is 31.4. The largest absolute Gasteiger partial charge is 0.481 e. The number of carboxylic acid groups (broad SMARTS) is 2. The molecule has 0 aliphatic rings. The minimum Gasteiger partial charge on any atom is -0.481 e. The van der Waals surface area contributed by atoms with Crippen molar-refractivity contribution in [2.75, 3.05) is 5.73 Å². The van der Waals surface area contributed by atoms with Gasteiger partial charge in [0.1, 0.15) is 42.2 Å². The van der Waals surface area contributed by atoms with Crippen LogP contribution in [0.15, 0.2) is 249 Å². The topological polar surface area (TPSA) is 363 Å². The van der Waals surface area contributed by atoms with E-state index >= 15 is 0 Å². The molecule has 97 heavy (non-hydrogen) atoms. The first-order valence-electron chi connectivity index (χ1n) is 29.9. The van der Waals surface area contributed by atoms with Gasteiger partial charge in [-0.1, -0.05) is 196 Å². The maximum Gasteiger partial charge on any atom is 0.357 e. The number of nitrogens with zero attached hydrogens (tertiary/aromatic N) is 8. The third-order valence-electron chi connectivity index (χ3n) is 13.8. The van der Waals surface area contributed by atoms with E-state index in [2.05, 4.69) is 47.2 Å². The number of carbonyl (C=O) groups is 6. The monoisotopic (exact) mass is 1370 g/mol. The molecule has 0 saturated heterocycles. The number of aromatic nitrogens is 8. The first kappa shape index (κ1) is 74.8. The number of anilines is 1. The fraction of sp³-hybridized carbons (Fsp3) is 0.183. The summed E-state index contributed by atoms with van der Waals surface area (Å²) in [5, 5.41) is 20.3. The van der Waals surface area contributed by atoms with Crippen LogP contribution in [-0.2, 0) is 64.1 Å². The molecule has 6 aromatic carbocycles. The highest BCUT2D eigenvalue weighted by Crippen LogP contribution is 2.23. The van der Waals surface area contributed by atoms with Gasteiger partial charge in [-0.2, -0.15) is 17.5 Å². The Kier molecular flexibility index (Phi) is 31.4. The number of rotatable bonds is 23. The van der Waals surface area contributed by atoms with Crippen LogP contribution in [0.5, 0.6) is 0 Å². The molecule has 0 fully saturated rings. The van der Waals surface area contributed by atoms with Crippen molar-refractivity contribution in [3.63, 3.8) is 0 Å². The zero-order chi connectivity index (χ0) is 68.3. The summed E-state index contributed by atoms with van der Waals surface area (Å²) in [6.07, 6.45) is 14.5. The van der Waals surface area contributed by atoms with Crippen molar-refractivity contribution in [1.82, 2.24) is 42.7 Å². The van der Waals surface area contributed by atoms with Gasteiger partial charge in [-0.15, -0.1) is 12.4 Å². The van der Waals surface area contributed by atoms with E-state index in [1.165, 1.54) is 49.2 Å². The van der Waals surface area contributed by atoms with Crippen molar-refractivity contribution in [3.8, 4) is 22.5 Å². The minimum absolute atomic E-state index is 0. The SMILES string of the molecule is CC(Cc1ccccc1)C(=O)Cc1ncco1.CC(Cc1ccccc1)C(=O)O.Cl.NC(Cc1ccccc1)C(=O)Cc1ncco1.Nc1ncco1.O=C(NC(Cc1ccccc1)C(=O)Cc1ncco1)c1nsnc1-c1ccccc1.O=C(O)c1nsnc1-c1ccccc1. The van der Waals surface area contributed by atoms with Crippen LogP contribution in [0.4, 0.5) is 6.01 Å². The van der Waals surface area contributed by atoms with E-state index in [-0.39, 0.29) is 78.3 Å². The summed E-state index contributed by atoms with van der Waals surface area (Å²) in [5.74, 6) is -1.40. The Morgan fingerprint density at radius 3 is 1.19 bits per heavy atom. The number of aromatic carboxylic acids is 1. The van der Waals surface area contributed by atoms with Crippen molar-refractivity contribution >= 4 is 77.1 Å². The average Bonchev–Trinajstić information content (AvgIpc) is 1.77. The van der Waals surface area contributed by atoms with Gasteiger partial charge >= 0.3 is 11.9 Å². The molecule has 4 atom stereocenters. The lowest BCUT2D eigenvalue weighted by Crippen LogP contribution is -2.43. The van der Waals surface area contributed by atoms with E-state index in [9.17, 15) is 28.8 Å². The first-order chi connectivity index (χ1) is 46.6. The molecule has 1 amide bonds. The third kappa shape index (κ3) is 26.2. The van der Waals surface area contributed by atoms with Gasteiger partial charge in [0.25, 0.3) is 11.9 Å². The number of amides is 1. The number of halogens is 1. The summed E-state index contributed by atoms with van der Waals surface area (Å²) in [6, 6.07) is 56.4. The molecule has 12 rings (SSSR count). The van der Waals surface area contributed by atoms with E-state index in [4.69, 9.17) is 34.9 Å². The number of hydrogen-bond donors (Lipinski definition) is 5. The van der Waals surface area contributed by atoms with E-state index in [0.717, 1.165) is 57.7 Å². The van der Waals surface area contributed by atoms with E-state index in [0.29, 0.717) is 48.3 Å². The molecule has 6 heterocycles. The second-order valence-electron chi connectivity index (χ2n) is 21.1. The van der Waals surface area contributed by atoms with Gasteiger partial charge in [0, 0.05) is 17.0 Å². The second kappa shape index (κ2) is 40.8. The lowest BCUT2D eigenvalue weighted by molar-refractivity contribution is -0.141. The number of aliphatic carboxylic acids is 1. The Morgan fingerprint density at radius 2 is 0.804 bits per heavy atom. The van der Waals surface area contributed by atoms with Crippen molar-refractivity contribution < 1.29 is 56.6 Å². The predicted molar refractivity (Wildman–Crippen MR) is 367 cm³/mol. The number of nitrogen functional groups attached to an aromatic ring is 1. The number of nitrogens with one attached hydrogen (secondary N) is 1. The van der Waals surface area contributed by atoms with Gasteiger partial charge in [-0.3, -0.25) is 24.0 Å². The van der Waals surface area contributed by atoms with Crippen molar-refractivity contribution in [2.45, 2.75) is 70.9 Å². The zero-order valence-corrected chi connectivity index (χ0v) is 55.1. The van der Waals surface area contributed by atoms with E-state index in [1.54, 1.807) is 13.1 Å². The van der Waals surface area contributed by atoms with Crippen LogP contribution in [0, 0.1) is 11.8 Å². The molecule has 500 valence electrons. The number of carboxylic acids is 2. The van der Waals surface area contributed by atoms with Crippen molar-refractivity contribution in [3.05, 3.63) is 283 Å². The lowest BCUT2D eigenvalue weighted by Gasteiger charge is -2.17. The maximum absolute atomic E-state index is 13.0. The fourth-order valence-electron chi connectivity index (χ4n) is 8.81. The van der Waals surface area contributed by atoms with Gasteiger partial charge in [0.2, 0.25) is 17.7 Å². The average molecular weight is 1370 g/mol. The Balaban J connectivity index is 0.000000194. The molecule has 26 heteroatoms. The fourth-order valence-corrected chi connectivity index (χ4v) is 9.93. The van der Waals surface area contributed by atoms with Gasteiger partial charge in [-0.25, -0.2) is 24.7 Å². The molecule has 0 spiro atoms. The molecule has 0 aliphatic heterocycles. The molecule has 7 N–H and O–H groups in total. The lowest BCUT2D eigenvalue weighted by atomic mass is 9.95. The standard InChI is InChI=1S/C22H18N4O3S.C14H15NO2.C13H14N2O2.C10H12O2.C9H6N2O2S.C3H4N2O.ClH/c27-18(14-19-23-11-12-29-19)17(13-15-7-3-1-4-8-15)24-22(28)21-20(25-30-26-21)16-9-5-2-6-10-16;1-11(9-12-5-3-2-4-6-12)13(16)10-14-15-7-8-17-14;14-11(8-10-4-2-1-3-5-10)12(16)9-13-15-6-7-17-13;1-8(10(11)12)7-9-5-3-2-4-6-9;12-9(13)8-7(10-14-11-8)6-4-2-1-3-5-6;4-3-5-1-2-6-3;/h1-12,17H,13-14H2,(H,24,28);2-8,11H,9-10H2,1H3;1-7,11H,8-9,14H2;2-6,8H,7H2,1H3,(H,11,12);1-5H,(H,12,13);1-2H,(H2,4,5);1H. The number of ketones is 3. The van der Waals surface area contributed by atoms with Crippen LogP contribution in [0.3, 0.4) is 0 Å². The van der Waals surface area contributed by atoms with Crippen LogP contribution in [0.25, 0.3) is 22.5 Å². The van der Waals surface area contributed by atoms with Gasteiger partial charge < -0.3 is 44.7 Å². The zero-order valence-electron chi connectivity index (χ0n) is 52.6. The Morgan fingerprint density at radius 1 is 0.443 bits per heavy atom. The molecular formula is C71H70ClN11O12S2. The summed E-state index contributed by atoms with van der Waals surface area (Å²) in [4.78, 5) is 86.3. The summed E-state index contributed by atoms with van der Waals surface area (Å²) in [7, 11) is 0. The Hall–Kier alpha value is -11.3. The molecule has 0 aliphatic carbocycles. The van der Waals surface area contributed by atoms with Gasteiger partial charge in [-0.05, 0) is 47.9 Å². The highest BCUT2D eigenvalue weighted by molar-refractivity contribution is 6.99. The Bertz CT molecular complexity index is 4090. The summed E-state index contributed by atoms with van der Waals surface area (Å²) >= 11 is 1.87. The summed E-state index contributed by atoms with van der Waals surface area (Å²) in [5.41, 5.74) is 17.8. The van der Waals surface area contributed by atoms with Crippen molar-refractivity contribution in [1.29, 1.82) is 0 Å². The molecule has 6 aromatic heterocycles. The van der Waals surface area contributed by atoms with Crippen LogP contribution in [0.2, 0.25) is 0 Å². The quantitative estimate of drug-likeness (QED) is 0.0397. The van der Waals surface area contributed by atoms with Crippen LogP contribution in [-0.4, -0.2) is 94.9 Å². The number of benzene rings is 6. The number of nitrogens with two attached hydrogens (primary N) is 2. The van der Waals surface area contributed by atoms with Crippen LogP contribution in [0.1, 0.15) is 74.8 Å². The van der Waals surface area contributed by atoms with E-state index < -0.39 is 29.9 Å². The second-order valence-corrected chi connectivity index (χ2v) is 22.1. The number of oxazole rings is 4. The molecule has 0 bridgehead atoms. The number of carbonyl (C=O) groups excluding carboxylic acids is 4. The minimum atomic E-state index is -1.04. The maximum atomic E-state index is 13.0. The number of hydrogen-bond acceptors (Lipinski definition) is 22. The molecule has 0 radical (unpaired) electrons. The number of Topliss-reactive ketones (excluding diaryl/α,β-unsaturated/α-hetero) is 3. The van der Waals surface area contributed by atoms with Gasteiger partial charge in [0.15, 0.2) is 23.0 Å². The molecule has 4 unspecified atom stereocenters. The van der Waals surface area contributed by atoms with Crippen LogP contribution >= 0.6 is 35.9 Å². The smallest absolute Gasteiger partial charge is 0.357 e. The Labute approximate surface area is 573 Å². The third-order valence-corrected chi connectivity index (χ3v) is 14.9. The molecular weight excluding hydrogens is 1300 g/mol. The predicted octanol–water partition coefficient (Wildman–Crippen LogP) is 11.9. The molecule has 12 aromatic rings. The highest BCUT2D eigenvalue weighted by Gasteiger charge is 2.27. The molecule has 23 nitrogen and oxygen atoms in total. The summed E-state index contributed by atoms with van der Waals surface area (Å²) in [6.45, 7) is 3.66. The van der Waals surface area contributed by atoms with E-state index in [1.807, 2.05) is 189 Å². The highest BCUT2D eigenvalue weighted by atomic mass is 35.5. The summed E-state index contributed by atoms with van der Waals surface area (Å²) < 4.78 is 35.9.